The smallest absolute Gasteiger partial charge is 0.237 e. The third kappa shape index (κ3) is 3.60. The van der Waals surface area contributed by atoms with Crippen LogP contribution in [0.1, 0.15) is 63.1 Å². The highest BCUT2D eigenvalue weighted by molar-refractivity contribution is 5.79. The predicted octanol–water partition coefficient (Wildman–Crippen LogP) is 2.69. The average Bonchev–Trinajstić information content (AvgIpc) is 2.94. The summed E-state index contributed by atoms with van der Waals surface area (Å²) in [6.07, 6.45) is 7.77. The lowest BCUT2D eigenvalue weighted by atomic mass is 9.90. The van der Waals surface area contributed by atoms with Gasteiger partial charge in [0.05, 0.1) is 12.7 Å². The fourth-order valence-corrected chi connectivity index (χ4v) is 4.36. The third-order valence-electron chi connectivity index (χ3n) is 5.74. The molecule has 5 nitrogen and oxygen atoms in total. The van der Waals surface area contributed by atoms with E-state index in [1.54, 1.807) is 0 Å². The molecular weight excluding hydrogens is 288 g/mol. The number of rotatable bonds is 3. The summed E-state index contributed by atoms with van der Waals surface area (Å²) >= 11 is 0. The minimum Gasteiger partial charge on any atom is -0.336 e. The Labute approximate surface area is 139 Å². The lowest BCUT2D eigenvalue weighted by Gasteiger charge is -2.41. The topological polar surface area (TPSA) is 52.2 Å². The monoisotopic (exact) mass is 318 g/mol. The van der Waals surface area contributed by atoms with Crippen LogP contribution < -0.4 is 0 Å². The number of carbonyl (C=O) groups is 1. The lowest BCUT2D eigenvalue weighted by Crippen LogP contribution is -2.51. The molecule has 2 aliphatic rings. The number of nitrogens with one attached hydrogen (secondary N) is 1. The van der Waals surface area contributed by atoms with Crippen LogP contribution in [0.15, 0.2) is 6.20 Å². The van der Waals surface area contributed by atoms with E-state index in [1.165, 1.54) is 17.7 Å². The molecule has 128 valence electrons. The summed E-state index contributed by atoms with van der Waals surface area (Å²) in [6.45, 7) is 9.10. The Morgan fingerprint density at radius 1 is 1.22 bits per heavy atom. The zero-order valence-corrected chi connectivity index (χ0v) is 14.7. The second-order valence-corrected chi connectivity index (χ2v) is 7.43. The van der Waals surface area contributed by atoms with E-state index < -0.39 is 0 Å². The van der Waals surface area contributed by atoms with Crippen LogP contribution in [0, 0.1) is 6.92 Å². The first kappa shape index (κ1) is 16.5. The van der Waals surface area contributed by atoms with E-state index in [2.05, 4.69) is 40.8 Å². The Morgan fingerprint density at radius 3 is 2.43 bits per heavy atom. The molecule has 0 aromatic carbocycles. The van der Waals surface area contributed by atoms with Crippen LogP contribution in [0.4, 0.5) is 0 Å². The minimum atomic E-state index is 0.322. The molecule has 2 saturated heterocycles. The van der Waals surface area contributed by atoms with Gasteiger partial charge >= 0.3 is 0 Å². The van der Waals surface area contributed by atoms with Crippen molar-refractivity contribution in [1.82, 2.24) is 20.0 Å². The van der Waals surface area contributed by atoms with Crippen LogP contribution in [-0.2, 0) is 4.79 Å². The molecule has 3 rings (SSSR count). The van der Waals surface area contributed by atoms with Crippen molar-refractivity contribution in [3.05, 3.63) is 17.5 Å². The standard InChI is InChI=1S/C18H30N4O/c1-13-5-4-6-14(2)22(13)18(23)12-21-9-7-16(8-10-21)17-11-19-20-15(17)3/h11,13-14,16H,4-10,12H2,1-3H3,(H,19,20). The number of aromatic amines is 1. The van der Waals surface area contributed by atoms with Crippen LogP contribution in [-0.4, -0.2) is 57.6 Å². The largest absolute Gasteiger partial charge is 0.336 e. The number of amides is 1. The average molecular weight is 318 g/mol. The molecule has 0 bridgehead atoms. The molecule has 23 heavy (non-hydrogen) atoms. The van der Waals surface area contributed by atoms with Gasteiger partial charge in [-0.3, -0.25) is 14.8 Å². The van der Waals surface area contributed by atoms with Crippen LogP contribution >= 0.6 is 0 Å². The van der Waals surface area contributed by atoms with Crippen molar-refractivity contribution in [2.75, 3.05) is 19.6 Å². The summed E-state index contributed by atoms with van der Waals surface area (Å²) in [5.74, 6) is 0.913. The van der Waals surface area contributed by atoms with Gasteiger partial charge in [-0.05, 0) is 77.4 Å². The lowest BCUT2D eigenvalue weighted by molar-refractivity contribution is -0.138. The molecule has 0 radical (unpaired) electrons. The van der Waals surface area contributed by atoms with Crippen LogP contribution in [0.5, 0.6) is 0 Å². The van der Waals surface area contributed by atoms with Gasteiger partial charge in [0.25, 0.3) is 0 Å². The second-order valence-electron chi connectivity index (χ2n) is 7.43. The zero-order valence-electron chi connectivity index (χ0n) is 14.7. The van der Waals surface area contributed by atoms with Gasteiger partial charge in [-0.2, -0.15) is 5.10 Å². The molecule has 1 aromatic rings. The molecule has 0 saturated carbocycles. The number of hydrogen-bond donors (Lipinski definition) is 1. The van der Waals surface area contributed by atoms with Crippen molar-refractivity contribution < 1.29 is 4.79 Å². The summed E-state index contributed by atoms with van der Waals surface area (Å²) < 4.78 is 0. The molecular formula is C18H30N4O. The number of aryl methyl sites for hydroxylation is 1. The number of H-pyrrole nitrogens is 1. The first-order valence-electron chi connectivity index (χ1n) is 9.09. The number of likely N-dealkylation sites (tertiary alicyclic amines) is 2. The fourth-order valence-electron chi connectivity index (χ4n) is 4.36. The Morgan fingerprint density at radius 2 is 1.87 bits per heavy atom. The molecule has 2 fully saturated rings. The molecule has 1 N–H and O–H groups in total. The van der Waals surface area contributed by atoms with Crippen LogP contribution in [0.3, 0.4) is 0 Å². The van der Waals surface area contributed by atoms with Crippen molar-refractivity contribution in [3.8, 4) is 0 Å². The number of carbonyl (C=O) groups excluding carboxylic acids is 1. The maximum atomic E-state index is 12.7. The molecule has 3 heterocycles. The highest BCUT2D eigenvalue weighted by atomic mass is 16.2. The summed E-state index contributed by atoms with van der Waals surface area (Å²) in [5.41, 5.74) is 2.55. The predicted molar refractivity (Wildman–Crippen MR) is 91.4 cm³/mol. The van der Waals surface area contributed by atoms with E-state index in [-0.39, 0.29) is 0 Å². The zero-order chi connectivity index (χ0) is 16.4. The van der Waals surface area contributed by atoms with E-state index in [4.69, 9.17) is 0 Å². The van der Waals surface area contributed by atoms with Crippen LogP contribution in [0.2, 0.25) is 0 Å². The number of aromatic nitrogens is 2. The molecule has 2 unspecified atom stereocenters. The van der Waals surface area contributed by atoms with E-state index in [0.29, 0.717) is 30.5 Å². The van der Waals surface area contributed by atoms with Gasteiger partial charge in [0.2, 0.25) is 5.91 Å². The Kier molecular flexibility index (Phi) is 5.05. The van der Waals surface area contributed by atoms with Gasteiger partial charge in [0, 0.05) is 17.8 Å². The van der Waals surface area contributed by atoms with E-state index in [9.17, 15) is 4.79 Å². The molecule has 1 amide bonds. The van der Waals surface area contributed by atoms with Gasteiger partial charge in [-0.15, -0.1) is 0 Å². The molecule has 5 heteroatoms. The van der Waals surface area contributed by atoms with Crippen molar-refractivity contribution in [3.63, 3.8) is 0 Å². The van der Waals surface area contributed by atoms with Gasteiger partial charge in [-0.1, -0.05) is 0 Å². The fraction of sp³-hybridized carbons (Fsp3) is 0.778. The third-order valence-corrected chi connectivity index (χ3v) is 5.74. The summed E-state index contributed by atoms with van der Waals surface area (Å²) in [4.78, 5) is 17.2. The maximum absolute atomic E-state index is 12.7. The van der Waals surface area contributed by atoms with E-state index in [1.807, 2.05) is 6.20 Å². The highest BCUT2D eigenvalue weighted by Gasteiger charge is 2.31. The minimum absolute atomic E-state index is 0.322. The Bertz CT molecular complexity index is 523. The first-order valence-corrected chi connectivity index (χ1v) is 9.09. The first-order chi connectivity index (χ1) is 11.1. The molecule has 0 spiro atoms. The van der Waals surface area contributed by atoms with Crippen molar-refractivity contribution in [2.45, 2.75) is 70.9 Å². The van der Waals surface area contributed by atoms with E-state index in [0.717, 1.165) is 38.8 Å². The van der Waals surface area contributed by atoms with Gasteiger partial charge < -0.3 is 4.90 Å². The van der Waals surface area contributed by atoms with E-state index >= 15 is 0 Å². The Balaban J connectivity index is 1.52. The SMILES string of the molecule is Cc1[nH]ncc1C1CCN(CC(=O)N2C(C)CCCC2C)CC1. The number of hydrogen-bond acceptors (Lipinski definition) is 3. The van der Waals surface area contributed by atoms with Gasteiger partial charge in [0.15, 0.2) is 0 Å². The van der Waals surface area contributed by atoms with Crippen molar-refractivity contribution in [2.24, 2.45) is 0 Å². The van der Waals surface area contributed by atoms with Gasteiger partial charge in [-0.25, -0.2) is 0 Å². The van der Waals surface area contributed by atoms with Gasteiger partial charge in [0.1, 0.15) is 0 Å². The molecule has 1 aromatic heterocycles. The molecule has 2 atom stereocenters. The molecule has 2 aliphatic heterocycles. The summed E-state index contributed by atoms with van der Waals surface area (Å²) in [6, 6.07) is 0.801. The molecule has 0 aliphatic carbocycles. The van der Waals surface area contributed by atoms with Crippen molar-refractivity contribution >= 4 is 5.91 Å². The highest BCUT2D eigenvalue weighted by Crippen LogP contribution is 2.29. The number of nitrogens with zero attached hydrogens (tertiary/aromatic N) is 3. The summed E-state index contributed by atoms with van der Waals surface area (Å²) in [7, 11) is 0. The van der Waals surface area contributed by atoms with Crippen molar-refractivity contribution in [1.29, 1.82) is 0 Å². The quantitative estimate of drug-likeness (QED) is 0.932. The second kappa shape index (κ2) is 7.04. The van der Waals surface area contributed by atoms with Crippen LogP contribution in [0.25, 0.3) is 0 Å². The maximum Gasteiger partial charge on any atom is 0.237 e. The summed E-state index contributed by atoms with van der Waals surface area (Å²) in [5, 5.41) is 7.18. The number of piperidine rings is 2. The normalized spacial score (nSPS) is 27.3. The Hall–Kier alpha value is -1.36.